The van der Waals surface area contributed by atoms with Crippen molar-refractivity contribution in [3.05, 3.63) is 66.6 Å². The van der Waals surface area contributed by atoms with E-state index in [0.29, 0.717) is 11.1 Å². The molecule has 0 amide bonds. The van der Waals surface area contributed by atoms with E-state index in [1.807, 2.05) is 18.2 Å². The lowest BCUT2D eigenvalue weighted by molar-refractivity contribution is -0.384. The molecule has 0 atom stereocenters. The SMILES string of the molecule is O=[N+]([O-])c1ccc(COc2ccc(CBr)cc2Br)c(Br)c1. The Morgan fingerprint density at radius 3 is 2.43 bits per heavy atom. The van der Waals surface area contributed by atoms with Crippen molar-refractivity contribution >= 4 is 53.5 Å². The van der Waals surface area contributed by atoms with E-state index in [1.165, 1.54) is 12.1 Å². The molecule has 0 aliphatic heterocycles. The Labute approximate surface area is 147 Å². The van der Waals surface area contributed by atoms with Crippen LogP contribution in [0.25, 0.3) is 0 Å². The van der Waals surface area contributed by atoms with Gasteiger partial charge in [0.1, 0.15) is 12.4 Å². The minimum Gasteiger partial charge on any atom is -0.488 e. The van der Waals surface area contributed by atoms with Crippen molar-refractivity contribution in [2.45, 2.75) is 11.9 Å². The lowest BCUT2D eigenvalue weighted by Gasteiger charge is -2.10. The quantitative estimate of drug-likeness (QED) is 0.319. The van der Waals surface area contributed by atoms with Crippen LogP contribution in [-0.4, -0.2) is 4.92 Å². The van der Waals surface area contributed by atoms with Gasteiger partial charge in [0.2, 0.25) is 0 Å². The third-order valence-electron chi connectivity index (χ3n) is 2.78. The number of ether oxygens (including phenoxy) is 1. The van der Waals surface area contributed by atoms with Gasteiger partial charge in [-0.25, -0.2) is 0 Å². The zero-order valence-corrected chi connectivity index (χ0v) is 15.4. The number of halogens is 3. The van der Waals surface area contributed by atoms with Gasteiger partial charge in [-0.2, -0.15) is 0 Å². The maximum absolute atomic E-state index is 10.7. The molecule has 0 bridgehead atoms. The molecule has 0 spiro atoms. The number of benzene rings is 2. The Bertz CT molecular complexity index is 677. The fourth-order valence-electron chi connectivity index (χ4n) is 1.67. The van der Waals surface area contributed by atoms with E-state index in [9.17, 15) is 10.1 Å². The van der Waals surface area contributed by atoms with Crippen LogP contribution in [0, 0.1) is 10.1 Å². The summed E-state index contributed by atoms with van der Waals surface area (Å²) in [4.78, 5) is 10.3. The van der Waals surface area contributed by atoms with Crippen LogP contribution in [0.4, 0.5) is 5.69 Å². The molecule has 0 aromatic heterocycles. The van der Waals surface area contributed by atoms with Crippen molar-refractivity contribution in [2.24, 2.45) is 0 Å². The standard InChI is InChI=1S/C14H10Br3NO3/c15-7-9-1-4-14(13(17)5-9)21-8-10-2-3-11(18(19)20)6-12(10)16/h1-6H,7-8H2. The molecular weight excluding hydrogens is 470 g/mol. The molecule has 2 rings (SSSR count). The van der Waals surface area contributed by atoms with Gasteiger partial charge in [-0.05, 0) is 39.7 Å². The Kier molecular flexibility index (Phi) is 5.78. The zero-order chi connectivity index (χ0) is 15.4. The molecule has 0 aliphatic rings. The highest BCUT2D eigenvalue weighted by atomic mass is 79.9. The predicted octanol–water partition coefficient (Wildman–Crippen LogP) is 5.59. The summed E-state index contributed by atoms with van der Waals surface area (Å²) >= 11 is 10.2. The van der Waals surface area contributed by atoms with Crippen LogP contribution < -0.4 is 4.74 Å². The van der Waals surface area contributed by atoms with E-state index in [2.05, 4.69) is 47.8 Å². The molecule has 0 N–H and O–H groups in total. The molecule has 0 unspecified atom stereocenters. The number of hydrogen-bond donors (Lipinski definition) is 0. The second-order valence-electron chi connectivity index (χ2n) is 4.22. The Morgan fingerprint density at radius 2 is 1.86 bits per heavy atom. The van der Waals surface area contributed by atoms with Gasteiger partial charge in [-0.1, -0.05) is 37.9 Å². The molecule has 0 aliphatic carbocycles. The molecule has 110 valence electrons. The van der Waals surface area contributed by atoms with Gasteiger partial charge < -0.3 is 4.74 Å². The molecule has 0 heterocycles. The van der Waals surface area contributed by atoms with Crippen molar-refractivity contribution in [1.82, 2.24) is 0 Å². The molecule has 21 heavy (non-hydrogen) atoms. The summed E-state index contributed by atoms with van der Waals surface area (Å²) in [5.74, 6) is 0.727. The van der Waals surface area contributed by atoms with Crippen molar-refractivity contribution in [2.75, 3.05) is 0 Å². The minimum atomic E-state index is -0.426. The molecular formula is C14H10Br3NO3. The first-order valence-corrected chi connectivity index (χ1v) is 8.62. The Hall–Kier alpha value is -0.920. The van der Waals surface area contributed by atoms with E-state index in [1.54, 1.807) is 6.07 Å². The normalized spacial score (nSPS) is 10.4. The highest BCUT2D eigenvalue weighted by Crippen LogP contribution is 2.29. The monoisotopic (exact) mass is 477 g/mol. The Balaban J connectivity index is 2.11. The summed E-state index contributed by atoms with van der Waals surface area (Å²) in [6.07, 6.45) is 0. The van der Waals surface area contributed by atoms with Crippen molar-refractivity contribution < 1.29 is 9.66 Å². The average molecular weight is 480 g/mol. The predicted molar refractivity (Wildman–Crippen MR) is 91.9 cm³/mol. The number of nitro groups is 1. The van der Waals surface area contributed by atoms with Crippen LogP contribution in [0.3, 0.4) is 0 Å². The summed E-state index contributed by atoms with van der Waals surface area (Å²) in [7, 11) is 0. The first-order valence-electron chi connectivity index (χ1n) is 5.91. The summed E-state index contributed by atoms with van der Waals surface area (Å²) in [5, 5.41) is 11.5. The van der Waals surface area contributed by atoms with Gasteiger partial charge in [0.05, 0.1) is 9.40 Å². The van der Waals surface area contributed by atoms with E-state index in [4.69, 9.17) is 4.74 Å². The second kappa shape index (κ2) is 7.38. The van der Waals surface area contributed by atoms with Gasteiger partial charge in [-0.15, -0.1) is 0 Å². The number of rotatable bonds is 5. The van der Waals surface area contributed by atoms with Crippen LogP contribution in [0.15, 0.2) is 45.3 Å². The van der Waals surface area contributed by atoms with Gasteiger partial charge >= 0.3 is 0 Å². The van der Waals surface area contributed by atoms with E-state index in [0.717, 1.165) is 26.7 Å². The van der Waals surface area contributed by atoms with Crippen LogP contribution in [0.5, 0.6) is 5.75 Å². The zero-order valence-electron chi connectivity index (χ0n) is 10.7. The largest absolute Gasteiger partial charge is 0.488 e. The van der Waals surface area contributed by atoms with Crippen LogP contribution in [0.2, 0.25) is 0 Å². The lowest BCUT2D eigenvalue weighted by atomic mass is 10.2. The number of non-ortho nitro benzene ring substituents is 1. The molecule has 4 nitrogen and oxygen atoms in total. The van der Waals surface area contributed by atoms with Crippen LogP contribution in [-0.2, 0) is 11.9 Å². The third kappa shape index (κ3) is 4.28. The summed E-state index contributed by atoms with van der Waals surface area (Å²) < 4.78 is 7.27. The number of nitrogens with zero attached hydrogens (tertiary/aromatic N) is 1. The summed E-state index contributed by atoms with van der Waals surface area (Å²) in [6, 6.07) is 10.5. The fraction of sp³-hybridized carbons (Fsp3) is 0.143. The van der Waals surface area contributed by atoms with Crippen molar-refractivity contribution in [3.63, 3.8) is 0 Å². The van der Waals surface area contributed by atoms with Crippen LogP contribution in [0.1, 0.15) is 11.1 Å². The smallest absolute Gasteiger partial charge is 0.270 e. The molecule has 2 aromatic rings. The van der Waals surface area contributed by atoms with Gasteiger partial charge in [0, 0.05) is 27.5 Å². The van der Waals surface area contributed by atoms with E-state index >= 15 is 0 Å². The molecule has 2 aromatic carbocycles. The fourth-order valence-corrected chi connectivity index (χ4v) is 3.04. The van der Waals surface area contributed by atoms with Gasteiger partial charge in [0.15, 0.2) is 0 Å². The molecule has 0 fully saturated rings. The number of alkyl halides is 1. The highest BCUT2D eigenvalue weighted by Gasteiger charge is 2.10. The molecule has 7 heteroatoms. The van der Waals surface area contributed by atoms with Crippen molar-refractivity contribution in [3.8, 4) is 5.75 Å². The van der Waals surface area contributed by atoms with Crippen molar-refractivity contribution in [1.29, 1.82) is 0 Å². The van der Waals surface area contributed by atoms with Gasteiger partial charge in [-0.3, -0.25) is 10.1 Å². The maximum atomic E-state index is 10.7. The third-order valence-corrected chi connectivity index (χ3v) is 4.79. The number of nitro benzene ring substituents is 1. The summed E-state index contributed by atoms with van der Waals surface area (Å²) in [5.41, 5.74) is 2.04. The molecule has 0 radical (unpaired) electrons. The average Bonchev–Trinajstić information content (AvgIpc) is 2.46. The minimum absolute atomic E-state index is 0.0495. The van der Waals surface area contributed by atoms with E-state index < -0.39 is 4.92 Å². The van der Waals surface area contributed by atoms with Gasteiger partial charge in [0.25, 0.3) is 5.69 Å². The summed E-state index contributed by atoms with van der Waals surface area (Å²) in [6.45, 7) is 0.324. The first kappa shape index (κ1) is 16.5. The Morgan fingerprint density at radius 1 is 1.10 bits per heavy atom. The lowest BCUT2D eigenvalue weighted by Crippen LogP contribution is -1.98. The highest BCUT2D eigenvalue weighted by molar-refractivity contribution is 9.11. The second-order valence-corrected chi connectivity index (χ2v) is 6.49. The first-order chi connectivity index (χ1) is 10.0. The van der Waals surface area contributed by atoms with Crippen LogP contribution >= 0.6 is 47.8 Å². The molecule has 0 saturated carbocycles. The topological polar surface area (TPSA) is 52.4 Å². The molecule has 0 saturated heterocycles. The van der Waals surface area contributed by atoms with E-state index in [-0.39, 0.29) is 5.69 Å². The maximum Gasteiger partial charge on any atom is 0.270 e. The number of hydrogen-bond acceptors (Lipinski definition) is 3.